The molecule has 4 rings (SSSR count). The van der Waals surface area contributed by atoms with Crippen molar-refractivity contribution in [3.05, 3.63) is 69.8 Å². The number of hydrogen-bond acceptors (Lipinski definition) is 4. The summed E-state index contributed by atoms with van der Waals surface area (Å²) < 4.78 is 8.87. The Hall–Kier alpha value is -2.97. The molecule has 164 valence electrons. The minimum Gasteiger partial charge on any atom is -0.492 e. The van der Waals surface area contributed by atoms with E-state index in [-0.39, 0.29) is 10.7 Å². The van der Waals surface area contributed by atoms with Crippen molar-refractivity contribution >= 4 is 62.1 Å². The molecule has 6 nitrogen and oxygen atoms in total. The van der Waals surface area contributed by atoms with E-state index in [2.05, 4.69) is 20.5 Å². The Morgan fingerprint density at radius 3 is 2.34 bits per heavy atom. The van der Waals surface area contributed by atoms with Crippen molar-refractivity contribution in [2.24, 2.45) is 0 Å². The number of aromatic nitrogens is 1. The molecule has 0 spiro atoms. The summed E-state index contributed by atoms with van der Waals surface area (Å²) in [7, 11) is 3.15. The lowest BCUT2D eigenvalue weighted by Gasteiger charge is -2.31. The Morgan fingerprint density at radius 1 is 1.03 bits per heavy atom. The molecule has 0 atom stereocenters. The van der Waals surface area contributed by atoms with E-state index in [1.807, 2.05) is 55.6 Å². The van der Waals surface area contributed by atoms with Crippen LogP contribution in [0.3, 0.4) is 0 Å². The van der Waals surface area contributed by atoms with Crippen LogP contribution in [0.25, 0.3) is 17.0 Å². The van der Waals surface area contributed by atoms with Gasteiger partial charge in [0, 0.05) is 41.2 Å². The Morgan fingerprint density at radius 2 is 1.69 bits per heavy atom. The molecule has 8 heteroatoms. The summed E-state index contributed by atoms with van der Waals surface area (Å²) >= 11 is 8.69. The molecule has 1 fully saturated rings. The van der Waals surface area contributed by atoms with Crippen molar-refractivity contribution in [1.82, 2.24) is 14.4 Å². The fraction of sp³-hybridized carbons (Fsp3) is 0.208. The number of likely N-dealkylation sites (N-methyl/N-ethyl adjacent to an activating group) is 2. The molecule has 0 unspecified atom stereocenters. The monoisotopic (exact) mass is 511 g/mol. The molecule has 0 aliphatic carbocycles. The maximum absolute atomic E-state index is 12.7. The molecular weight excluding hydrogens is 490 g/mol. The van der Waals surface area contributed by atoms with Gasteiger partial charge in [-0.2, -0.15) is 0 Å². The maximum Gasteiger partial charge on any atom is 0.265 e. The Labute approximate surface area is 200 Å². The van der Waals surface area contributed by atoms with E-state index in [1.165, 1.54) is 15.4 Å². The van der Waals surface area contributed by atoms with Crippen LogP contribution in [-0.4, -0.2) is 52.0 Å². The number of fused-ring (bicyclic) bond motifs is 1. The lowest BCUT2D eigenvalue weighted by molar-refractivity contribution is -0.132. The van der Waals surface area contributed by atoms with Gasteiger partial charge in [-0.15, -0.1) is 0 Å². The minimum atomic E-state index is -0.406. The third-order valence-electron chi connectivity index (χ3n) is 5.44. The van der Waals surface area contributed by atoms with Crippen molar-refractivity contribution < 1.29 is 14.3 Å². The molecule has 2 amide bonds. The van der Waals surface area contributed by atoms with E-state index in [0.717, 1.165) is 26.7 Å². The average molecular weight is 512 g/mol. The summed E-state index contributed by atoms with van der Waals surface area (Å²) in [5.41, 5.74) is 3.03. The number of rotatable bonds is 5. The van der Waals surface area contributed by atoms with Gasteiger partial charge in [0.2, 0.25) is 0 Å². The van der Waals surface area contributed by atoms with Crippen molar-refractivity contribution in [1.29, 1.82) is 0 Å². The summed E-state index contributed by atoms with van der Waals surface area (Å²) in [4.78, 5) is 28.1. The highest BCUT2D eigenvalue weighted by atomic mass is 79.9. The smallest absolute Gasteiger partial charge is 0.265 e. The van der Waals surface area contributed by atoms with Crippen LogP contribution in [0.1, 0.15) is 11.1 Å². The summed E-state index contributed by atoms with van der Waals surface area (Å²) in [5, 5.41) is 1.12. The first-order valence-electron chi connectivity index (χ1n) is 10.1. The predicted octanol–water partition coefficient (Wildman–Crippen LogP) is 4.39. The highest BCUT2D eigenvalue weighted by molar-refractivity contribution is 9.10. The summed E-state index contributed by atoms with van der Waals surface area (Å²) in [5.74, 6) is 0.00555. The highest BCUT2D eigenvalue weighted by Crippen LogP contribution is 2.28. The minimum absolute atomic E-state index is 0.0820. The van der Waals surface area contributed by atoms with Crippen LogP contribution in [0, 0.1) is 6.92 Å². The summed E-state index contributed by atoms with van der Waals surface area (Å²) in [6, 6.07) is 13.9. The number of carbonyl (C=O) groups excluding carboxylic acids is 2. The molecule has 3 aromatic rings. The Balaban J connectivity index is 1.66. The zero-order valence-corrected chi connectivity index (χ0v) is 20.4. The SMILES string of the molecule is Cc1ccc(OCCn2cc(C=C3C(=O)N(C)C(=S)N(C)C3=O)c3cc(Br)ccc32)cc1. The van der Waals surface area contributed by atoms with E-state index in [0.29, 0.717) is 13.2 Å². The molecule has 1 aliphatic rings. The zero-order valence-electron chi connectivity index (χ0n) is 18.0. The van der Waals surface area contributed by atoms with Gasteiger partial charge in [-0.1, -0.05) is 33.6 Å². The number of thiocarbonyl (C=S) groups is 1. The molecule has 0 radical (unpaired) electrons. The summed E-state index contributed by atoms with van der Waals surface area (Å²) in [6.45, 7) is 3.13. The van der Waals surface area contributed by atoms with Gasteiger partial charge in [-0.25, -0.2) is 0 Å². The van der Waals surface area contributed by atoms with Crippen molar-refractivity contribution in [2.45, 2.75) is 13.5 Å². The fourth-order valence-corrected chi connectivity index (χ4v) is 4.15. The van der Waals surface area contributed by atoms with E-state index < -0.39 is 11.8 Å². The molecule has 0 N–H and O–H groups in total. The van der Waals surface area contributed by atoms with Gasteiger partial charge >= 0.3 is 0 Å². The second kappa shape index (κ2) is 8.88. The van der Waals surface area contributed by atoms with Crippen LogP contribution in [0.4, 0.5) is 0 Å². The Kier molecular flexibility index (Phi) is 6.17. The number of aryl methyl sites for hydroxylation is 1. The molecule has 0 bridgehead atoms. The zero-order chi connectivity index (χ0) is 23.0. The molecule has 32 heavy (non-hydrogen) atoms. The third kappa shape index (κ3) is 4.20. The molecule has 0 saturated carbocycles. The average Bonchev–Trinajstić information content (AvgIpc) is 3.11. The van der Waals surface area contributed by atoms with Crippen LogP contribution in [-0.2, 0) is 16.1 Å². The number of nitrogens with zero attached hydrogens (tertiary/aromatic N) is 3. The topological polar surface area (TPSA) is 54.8 Å². The Bertz CT molecular complexity index is 1240. The van der Waals surface area contributed by atoms with Gasteiger partial charge in [-0.05, 0) is 55.5 Å². The van der Waals surface area contributed by atoms with Crippen molar-refractivity contribution in [3.8, 4) is 5.75 Å². The quantitative estimate of drug-likeness (QED) is 0.289. The lowest BCUT2D eigenvalue weighted by atomic mass is 10.1. The van der Waals surface area contributed by atoms with Gasteiger partial charge < -0.3 is 9.30 Å². The van der Waals surface area contributed by atoms with E-state index >= 15 is 0 Å². The first-order chi connectivity index (χ1) is 15.3. The first kappa shape index (κ1) is 22.2. The van der Waals surface area contributed by atoms with Crippen LogP contribution >= 0.6 is 28.1 Å². The lowest BCUT2D eigenvalue weighted by Crippen LogP contribution is -2.52. The summed E-state index contributed by atoms with van der Waals surface area (Å²) in [6.07, 6.45) is 3.58. The van der Waals surface area contributed by atoms with E-state index in [4.69, 9.17) is 17.0 Å². The normalized spacial score (nSPS) is 14.5. The maximum atomic E-state index is 12.7. The molecule has 1 aromatic heterocycles. The van der Waals surface area contributed by atoms with Crippen LogP contribution in [0.15, 0.2) is 58.7 Å². The first-order valence-corrected chi connectivity index (χ1v) is 11.3. The van der Waals surface area contributed by atoms with Gasteiger partial charge in [0.25, 0.3) is 11.8 Å². The number of amides is 2. The number of hydrogen-bond donors (Lipinski definition) is 0. The van der Waals surface area contributed by atoms with Crippen LogP contribution < -0.4 is 4.74 Å². The second-order valence-electron chi connectivity index (χ2n) is 7.67. The van der Waals surface area contributed by atoms with Crippen molar-refractivity contribution in [3.63, 3.8) is 0 Å². The third-order valence-corrected chi connectivity index (χ3v) is 6.48. The molecule has 1 aliphatic heterocycles. The molecular formula is C24H22BrN3O3S. The van der Waals surface area contributed by atoms with Crippen LogP contribution in [0.2, 0.25) is 0 Å². The van der Waals surface area contributed by atoms with Crippen molar-refractivity contribution in [2.75, 3.05) is 20.7 Å². The molecule has 2 heterocycles. The largest absolute Gasteiger partial charge is 0.492 e. The number of halogens is 1. The second-order valence-corrected chi connectivity index (χ2v) is 8.95. The number of ether oxygens (including phenoxy) is 1. The molecule has 2 aromatic carbocycles. The standard InChI is InChI=1S/C24H22BrN3O3S/c1-15-4-7-18(8-5-15)31-11-10-28-14-16(19-13-17(25)6-9-21(19)28)12-20-22(29)26(2)24(32)27(3)23(20)30/h4-9,12-14H,10-11H2,1-3H3. The number of benzene rings is 2. The van der Waals surface area contributed by atoms with Gasteiger partial charge in [0.1, 0.15) is 17.9 Å². The van der Waals surface area contributed by atoms with E-state index in [9.17, 15) is 9.59 Å². The number of carbonyl (C=O) groups is 2. The van der Waals surface area contributed by atoms with Gasteiger partial charge in [0.15, 0.2) is 5.11 Å². The fourth-order valence-electron chi connectivity index (χ4n) is 3.62. The molecule has 1 saturated heterocycles. The van der Waals surface area contributed by atoms with Crippen LogP contribution in [0.5, 0.6) is 5.75 Å². The predicted molar refractivity (Wildman–Crippen MR) is 132 cm³/mol. The van der Waals surface area contributed by atoms with E-state index in [1.54, 1.807) is 20.2 Å². The highest BCUT2D eigenvalue weighted by Gasteiger charge is 2.35. The van der Waals surface area contributed by atoms with Gasteiger partial charge in [0.05, 0.1) is 6.54 Å². The van der Waals surface area contributed by atoms with Gasteiger partial charge in [-0.3, -0.25) is 19.4 Å².